The molecule has 0 heterocycles. The number of hydrogen-bond donors (Lipinski definition) is 0. The van der Waals surface area contributed by atoms with Crippen LogP contribution in [0.2, 0.25) is 0 Å². The molecule has 0 aromatic heterocycles. The van der Waals surface area contributed by atoms with Crippen molar-refractivity contribution >= 4 is 17.9 Å². The molecule has 7 heteroatoms. The number of nitrogens with zero attached hydrogens (tertiary/aromatic N) is 1. The second kappa shape index (κ2) is 36.8. The van der Waals surface area contributed by atoms with Crippen molar-refractivity contribution in [3.63, 3.8) is 0 Å². The van der Waals surface area contributed by atoms with Gasteiger partial charge in [0.2, 0.25) is 0 Å². The van der Waals surface area contributed by atoms with Crippen LogP contribution >= 0.6 is 0 Å². The Balaban J connectivity index is 4.30. The maximum absolute atomic E-state index is 12.6. The summed E-state index contributed by atoms with van der Waals surface area (Å²) in [5.74, 6) is 0.671. The van der Waals surface area contributed by atoms with Crippen molar-refractivity contribution in [3.05, 3.63) is 29.8 Å². The van der Waals surface area contributed by atoms with Crippen molar-refractivity contribution in [2.45, 2.75) is 194 Å². The number of hydrogen-bond acceptors (Lipinski definition) is 7. The van der Waals surface area contributed by atoms with Crippen molar-refractivity contribution < 1.29 is 28.6 Å². The molecule has 0 N–H and O–H groups in total. The largest absolute Gasteiger partial charge is 0.466 e. The molecule has 0 radical (unpaired) electrons. The molecule has 0 aliphatic heterocycles. The lowest BCUT2D eigenvalue weighted by Crippen LogP contribution is -2.20. The molecule has 0 fully saturated rings. The Kier molecular flexibility index (Phi) is 35.0. The van der Waals surface area contributed by atoms with Crippen LogP contribution < -0.4 is 0 Å². The van der Waals surface area contributed by atoms with Crippen LogP contribution in [-0.2, 0) is 28.6 Å². The van der Waals surface area contributed by atoms with E-state index in [2.05, 4.69) is 49.4 Å². The van der Waals surface area contributed by atoms with Crippen LogP contribution in [0.3, 0.4) is 0 Å². The van der Waals surface area contributed by atoms with Gasteiger partial charge in [0, 0.05) is 19.3 Å². The highest BCUT2D eigenvalue weighted by molar-refractivity contribution is 5.70. The van der Waals surface area contributed by atoms with Gasteiger partial charge in [-0.05, 0) is 115 Å². The van der Waals surface area contributed by atoms with Gasteiger partial charge in [0.05, 0.1) is 13.2 Å². The third-order valence-corrected chi connectivity index (χ3v) is 9.68. The summed E-state index contributed by atoms with van der Waals surface area (Å²) >= 11 is 0. The highest BCUT2D eigenvalue weighted by atomic mass is 16.5. The highest BCUT2D eigenvalue weighted by Crippen LogP contribution is 2.19. The van der Waals surface area contributed by atoms with Crippen molar-refractivity contribution in [2.75, 3.05) is 33.9 Å². The number of unbranched alkanes of at least 4 members (excludes halogenated alkanes) is 12. The molecule has 0 aromatic carbocycles. The molecule has 0 rings (SSSR count). The normalized spacial score (nSPS) is 12.7. The first kappa shape index (κ1) is 49.5. The molecule has 0 bridgehead atoms. The molecule has 0 spiro atoms. The molecular formula is C45H79NO6. The van der Waals surface area contributed by atoms with E-state index in [4.69, 9.17) is 14.2 Å². The average Bonchev–Trinajstić information content (AvgIpc) is 3.10. The van der Waals surface area contributed by atoms with Gasteiger partial charge in [-0.25, -0.2) is 0 Å². The standard InChI is InChI=1S/C45H79NO6/c1-7-10-19-27-40(4)35-38-50-43(47)32-24-17-13-15-22-30-42(52-45(49)34-26-37-46(5)6)31-23-16-14-18-25-33-44(48)51-39-36-41(28-20-11-8-2)29-21-12-9-3/h28,40-42H,2,7,9-10,12-19,21-27,29-39H2,1,3-6H3. The maximum Gasteiger partial charge on any atom is 0.306 e. The number of rotatable bonds is 36. The van der Waals surface area contributed by atoms with Gasteiger partial charge >= 0.3 is 17.9 Å². The fourth-order valence-corrected chi connectivity index (χ4v) is 6.30. The molecule has 0 saturated carbocycles. The lowest BCUT2D eigenvalue weighted by Gasteiger charge is -2.18. The summed E-state index contributed by atoms with van der Waals surface area (Å²) in [6.07, 6.45) is 27.4. The molecule has 0 amide bonds. The Morgan fingerprint density at radius 2 is 1.12 bits per heavy atom. The van der Waals surface area contributed by atoms with E-state index >= 15 is 0 Å². The Labute approximate surface area is 320 Å². The summed E-state index contributed by atoms with van der Waals surface area (Å²) in [4.78, 5) is 39.1. The monoisotopic (exact) mass is 730 g/mol. The van der Waals surface area contributed by atoms with Crippen LogP contribution in [0.25, 0.3) is 0 Å². The number of esters is 3. The molecule has 0 aliphatic carbocycles. The summed E-state index contributed by atoms with van der Waals surface area (Å²) in [5, 5.41) is 0. The summed E-state index contributed by atoms with van der Waals surface area (Å²) in [6, 6.07) is 0. The van der Waals surface area contributed by atoms with Crippen LogP contribution in [0, 0.1) is 11.8 Å². The van der Waals surface area contributed by atoms with Gasteiger partial charge in [0.1, 0.15) is 6.10 Å². The van der Waals surface area contributed by atoms with Crippen molar-refractivity contribution in [1.82, 2.24) is 4.90 Å². The van der Waals surface area contributed by atoms with E-state index in [1.54, 1.807) is 0 Å². The zero-order chi connectivity index (χ0) is 38.5. The molecular weight excluding hydrogens is 650 g/mol. The Hall–Kier alpha value is -2.55. The van der Waals surface area contributed by atoms with Crippen LogP contribution in [0.5, 0.6) is 0 Å². The third kappa shape index (κ3) is 34.5. The Bertz CT molecular complexity index is 1010. The average molecular weight is 730 g/mol. The molecule has 3 atom stereocenters. The third-order valence-electron chi connectivity index (χ3n) is 9.68. The topological polar surface area (TPSA) is 82.1 Å². The summed E-state index contributed by atoms with van der Waals surface area (Å²) in [5.41, 5.74) is 8.35. The zero-order valence-electron chi connectivity index (χ0n) is 34.4. The van der Waals surface area contributed by atoms with Gasteiger partial charge in [-0.2, -0.15) is 0 Å². The SMILES string of the molecule is C=C=C=C=CC(CCCCC)CCOC(=O)CCCCCCCC(CCCCCCCC(=O)OCCC(C)CCCCC)OC(=O)CCCN(C)C. The van der Waals surface area contributed by atoms with E-state index in [0.717, 1.165) is 116 Å². The van der Waals surface area contributed by atoms with Crippen molar-refractivity contribution in [1.29, 1.82) is 0 Å². The second-order valence-electron chi connectivity index (χ2n) is 15.1. The number of carbonyl (C=O) groups excluding carboxylic acids is 3. The minimum absolute atomic E-state index is 0.0369. The first-order chi connectivity index (χ1) is 25.2. The predicted molar refractivity (Wildman–Crippen MR) is 215 cm³/mol. The maximum atomic E-state index is 12.6. The molecule has 52 heavy (non-hydrogen) atoms. The number of ether oxygens (including phenoxy) is 3. The van der Waals surface area contributed by atoms with Gasteiger partial charge in [-0.15, -0.1) is 0 Å². The quantitative estimate of drug-likeness (QED) is 0.0275. The van der Waals surface area contributed by atoms with E-state index in [-0.39, 0.29) is 24.0 Å². The van der Waals surface area contributed by atoms with Crippen LogP contribution in [0.15, 0.2) is 29.8 Å². The van der Waals surface area contributed by atoms with E-state index < -0.39 is 0 Å². The highest BCUT2D eigenvalue weighted by Gasteiger charge is 2.15. The fraction of sp³-hybridized carbons (Fsp3) is 0.822. The van der Waals surface area contributed by atoms with E-state index in [1.165, 1.54) is 38.5 Å². The molecule has 0 aliphatic rings. The zero-order valence-corrected chi connectivity index (χ0v) is 34.4. The first-order valence-corrected chi connectivity index (χ1v) is 21.2. The van der Waals surface area contributed by atoms with Gasteiger partial charge < -0.3 is 19.1 Å². The molecule has 0 aromatic rings. The summed E-state index contributed by atoms with van der Waals surface area (Å²) in [7, 11) is 4.03. The van der Waals surface area contributed by atoms with Crippen molar-refractivity contribution in [2.24, 2.45) is 11.8 Å². The Morgan fingerprint density at radius 3 is 1.67 bits per heavy atom. The molecule has 300 valence electrons. The van der Waals surface area contributed by atoms with Gasteiger partial charge in [0.15, 0.2) is 0 Å². The predicted octanol–water partition coefficient (Wildman–Crippen LogP) is 11.6. The van der Waals surface area contributed by atoms with Crippen LogP contribution in [0.4, 0.5) is 0 Å². The fourth-order valence-electron chi connectivity index (χ4n) is 6.30. The lowest BCUT2D eigenvalue weighted by molar-refractivity contribution is -0.150. The minimum Gasteiger partial charge on any atom is -0.466 e. The number of carbonyl (C=O) groups is 3. The van der Waals surface area contributed by atoms with Crippen LogP contribution in [-0.4, -0.2) is 62.8 Å². The van der Waals surface area contributed by atoms with Crippen molar-refractivity contribution in [3.8, 4) is 0 Å². The van der Waals surface area contributed by atoms with E-state index in [9.17, 15) is 14.4 Å². The molecule has 0 saturated heterocycles. The van der Waals surface area contributed by atoms with Gasteiger partial charge in [-0.1, -0.05) is 116 Å². The molecule has 7 nitrogen and oxygen atoms in total. The van der Waals surface area contributed by atoms with Crippen LogP contribution in [0.1, 0.15) is 188 Å². The second-order valence-corrected chi connectivity index (χ2v) is 15.1. The first-order valence-electron chi connectivity index (χ1n) is 21.2. The van der Waals surface area contributed by atoms with Gasteiger partial charge in [-0.3, -0.25) is 14.4 Å². The lowest BCUT2D eigenvalue weighted by atomic mass is 9.98. The Morgan fingerprint density at radius 1 is 0.615 bits per heavy atom. The molecule has 3 unspecified atom stereocenters. The minimum atomic E-state index is -0.114. The van der Waals surface area contributed by atoms with Gasteiger partial charge in [0.25, 0.3) is 0 Å². The van der Waals surface area contributed by atoms with E-state index in [1.807, 2.05) is 20.2 Å². The number of allylic oxidation sites excluding steroid dienone is 1. The summed E-state index contributed by atoms with van der Waals surface area (Å²) < 4.78 is 16.9. The van der Waals surface area contributed by atoms with E-state index in [0.29, 0.717) is 44.3 Å². The smallest absolute Gasteiger partial charge is 0.306 e. The summed E-state index contributed by atoms with van der Waals surface area (Å²) in [6.45, 7) is 12.0.